The van der Waals surface area contributed by atoms with Crippen LogP contribution < -0.4 is 5.32 Å². The number of hydrogen-bond donors (Lipinski definition) is 1. The van der Waals surface area contributed by atoms with Gasteiger partial charge in [0.2, 0.25) is 11.7 Å². The Morgan fingerprint density at radius 2 is 1.57 bits per heavy atom. The molecule has 0 bridgehead atoms. The van der Waals surface area contributed by atoms with Gasteiger partial charge in [0, 0.05) is 24.2 Å². The van der Waals surface area contributed by atoms with Crippen LogP contribution in [0.2, 0.25) is 0 Å². The number of nitrogens with zero attached hydrogens (tertiary/aromatic N) is 3. The number of morpholine rings is 1. The summed E-state index contributed by atoms with van der Waals surface area (Å²) in [7, 11) is 0. The fourth-order valence-electron chi connectivity index (χ4n) is 4.59. The third-order valence-corrected chi connectivity index (χ3v) is 6.60. The van der Waals surface area contributed by atoms with Gasteiger partial charge in [-0.3, -0.25) is 9.59 Å². The molecular formula is C29H25F3N4O4. The van der Waals surface area contributed by atoms with Gasteiger partial charge in [-0.05, 0) is 23.3 Å². The van der Waals surface area contributed by atoms with Gasteiger partial charge in [-0.2, -0.15) is 18.2 Å². The number of carbonyl (C=O) groups is 2. The standard InChI is InChI=1S/C29H25F3N4O4/c30-29(31,32)28-34-25(35-40-28)21-11-13-22(14-12-21)26(37)33-17-23-18-39-16-15-36(23)27(38)24(19-7-3-1-4-8-19)20-9-5-2-6-10-20/h1-14,23-24H,15-18H2,(H,33,37)/t23-/m1/s1. The van der Waals surface area contributed by atoms with Crippen molar-refractivity contribution in [1.29, 1.82) is 0 Å². The van der Waals surface area contributed by atoms with E-state index in [0.29, 0.717) is 13.2 Å². The monoisotopic (exact) mass is 550 g/mol. The Labute approximate surface area is 227 Å². The summed E-state index contributed by atoms with van der Waals surface area (Å²) in [6.07, 6.45) is -4.74. The topological polar surface area (TPSA) is 97.6 Å². The highest BCUT2D eigenvalue weighted by molar-refractivity contribution is 5.94. The predicted octanol–water partition coefficient (Wildman–Crippen LogP) is 4.54. The molecule has 40 heavy (non-hydrogen) atoms. The molecule has 2 heterocycles. The average Bonchev–Trinajstić information content (AvgIpc) is 3.49. The molecular weight excluding hydrogens is 525 g/mol. The van der Waals surface area contributed by atoms with E-state index < -0.39 is 23.9 Å². The first kappa shape index (κ1) is 27.1. The van der Waals surface area contributed by atoms with Crippen molar-refractivity contribution in [1.82, 2.24) is 20.4 Å². The first-order valence-electron chi connectivity index (χ1n) is 12.6. The van der Waals surface area contributed by atoms with Gasteiger partial charge >= 0.3 is 12.1 Å². The van der Waals surface area contributed by atoms with E-state index in [1.807, 2.05) is 60.7 Å². The zero-order valence-electron chi connectivity index (χ0n) is 21.2. The number of nitrogens with one attached hydrogen (secondary N) is 1. The first-order chi connectivity index (χ1) is 19.3. The molecule has 0 unspecified atom stereocenters. The summed E-state index contributed by atoms with van der Waals surface area (Å²) in [4.78, 5) is 31.9. The SMILES string of the molecule is O=C(NC[C@@H]1COCCN1C(=O)C(c1ccccc1)c1ccccc1)c1ccc(-c2noc(C(F)(F)F)n2)cc1. The maximum absolute atomic E-state index is 13.9. The van der Waals surface area contributed by atoms with Gasteiger partial charge in [-0.15, -0.1) is 0 Å². The number of rotatable bonds is 7. The van der Waals surface area contributed by atoms with Gasteiger partial charge in [0.15, 0.2) is 0 Å². The Kier molecular flexibility index (Phi) is 7.92. The van der Waals surface area contributed by atoms with Crippen molar-refractivity contribution in [3.8, 4) is 11.4 Å². The van der Waals surface area contributed by atoms with Gasteiger partial charge < -0.3 is 19.5 Å². The maximum atomic E-state index is 13.9. The van der Waals surface area contributed by atoms with Gasteiger partial charge in [0.25, 0.3) is 5.91 Å². The second-order valence-corrected chi connectivity index (χ2v) is 9.22. The van der Waals surface area contributed by atoms with Crippen LogP contribution in [-0.4, -0.2) is 59.2 Å². The molecule has 0 radical (unpaired) electrons. The average molecular weight is 551 g/mol. The molecule has 0 spiro atoms. The molecule has 1 saturated heterocycles. The molecule has 0 saturated carbocycles. The van der Waals surface area contributed by atoms with Gasteiger partial charge in [0.05, 0.1) is 25.2 Å². The molecule has 5 rings (SSSR count). The Bertz CT molecular complexity index is 1400. The summed E-state index contributed by atoms with van der Waals surface area (Å²) in [5, 5.41) is 6.19. The smallest absolute Gasteiger partial charge is 0.377 e. The van der Waals surface area contributed by atoms with Crippen molar-refractivity contribution < 1.29 is 32.0 Å². The fourth-order valence-corrected chi connectivity index (χ4v) is 4.59. The largest absolute Gasteiger partial charge is 0.471 e. The summed E-state index contributed by atoms with van der Waals surface area (Å²) in [6.45, 7) is 1.19. The lowest BCUT2D eigenvalue weighted by Crippen LogP contribution is -2.54. The van der Waals surface area contributed by atoms with E-state index in [1.165, 1.54) is 24.3 Å². The zero-order chi connectivity index (χ0) is 28.1. The number of carbonyl (C=O) groups excluding carboxylic acids is 2. The van der Waals surface area contributed by atoms with E-state index in [4.69, 9.17) is 4.74 Å². The molecule has 1 fully saturated rings. The molecule has 0 aliphatic carbocycles. The summed E-state index contributed by atoms with van der Waals surface area (Å²) in [6, 6.07) is 24.5. The third-order valence-electron chi connectivity index (χ3n) is 6.60. The number of benzene rings is 3. The molecule has 3 aromatic carbocycles. The minimum Gasteiger partial charge on any atom is -0.377 e. The van der Waals surface area contributed by atoms with Gasteiger partial charge in [-0.25, -0.2) is 0 Å². The molecule has 1 aromatic heterocycles. The fraction of sp³-hybridized carbons (Fsp3) is 0.241. The van der Waals surface area contributed by atoms with E-state index in [-0.39, 0.29) is 42.1 Å². The van der Waals surface area contributed by atoms with Gasteiger partial charge in [0.1, 0.15) is 0 Å². The summed E-state index contributed by atoms with van der Waals surface area (Å²) in [5.41, 5.74) is 2.29. The lowest BCUT2D eigenvalue weighted by atomic mass is 9.89. The van der Waals surface area contributed by atoms with Crippen LogP contribution in [-0.2, 0) is 15.7 Å². The van der Waals surface area contributed by atoms with Crippen molar-refractivity contribution in [2.45, 2.75) is 18.1 Å². The van der Waals surface area contributed by atoms with Gasteiger partial charge in [-0.1, -0.05) is 78.0 Å². The predicted molar refractivity (Wildman–Crippen MR) is 138 cm³/mol. The Morgan fingerprint density at radius 1 is 0.950 bits per heavy atom. The maximum Gasteiger partial charge on any atom is 0.471 e. The molecule has 1 aliphatic heterocycles. The van der Waals surface area contributed by atoms with Crippen LogP contribution in [0.1, 0.15) is 33.3 Å². The Balaban J connectivity index is 1.27. The van der Waals surface area contributed by atoms with Crippen LogP contribution in [0.15, 0.2) is 89.5 Å². The Hall–Kier alpha value is -4.51. The Morgan fingerprint density at radius 3 is 2.15 bits per heavy atom. The zero-order valence-corrected chi connectivity index (χ0v) is 21.2. The van der Waals surface area contributed by atoms with Crippen LogP contribution >= 0.6 is 0 Å². The van der Waals surface area contributed by atoms with E-state index in [0.717, 1.165) is 11.1 Å². The van der Waals surface area contributed by atoms with E-state index in [1.54, 1.807) is 4.90 Å². The lowest BCUT2D eigenvalue weighted by molar-refractivity contribution is -0.159. The third kappa shape index (κ3) is 6.04. The number of amides is 2. The normalized spacial score (nSPS) is 15.7. The minimum atomic E-state index is -4.74. The van der Waals surface area contributed by atoms with Crippen LogP contribution in [0.5, 0.6) is 0 Å². The quantitative estimate of drug-likeness (QED) is 0.363. The van der Waals surface area contributed by atoms with Crippen molar-refractivity contribution in [3.63, 3.8) is 0 Å². The summed E-state index contributed by atoms with van der Waals surface area (Å²) in [5.74, 6) is -2.67. The highest BCUT2D eigenvalue weighted by Gasteiger charge is 2.38. The highest BCUT2D eigenvalue weighted by Crippen LogP contribution is 2.30. The molecule has 11 heteroatoms. The summed E-state index contributed by atoms with van der Waals surface area (Å²) < 4.78 is 48.1. The number of hydrogen-bond acceptors (Lipinski definition) is 6. The van der Waals surface area contributed by atoms with Crippen molar-refractivity contribution in [3.05, 3.63) is 108 Å². The van der Waals surface area contributed by atoms with Crippen LogP contribution in [0.4, 0.5) is 13.2 Å². The minimum absolute atomic E-state index is 0.0809. The molecule has 1 aliphatic rings. The summed E-state index contributed by atoms with van der Waals surface area (Å²) >= 11 is 0. The molecule has 4 aromatic rings. The van der Waals surface area contributed by atoms with E-state index in [2.05, 4.69) is 20.0 Å². The number of halogens is 3. The molecule has 8 nitrogen and oxygen atoms in total. The second-order valence-electron chi connectivity index (χ2n) is 9.22. The van der Waals surface area contributed by atoms with Crippen LogP contribution in [0.3, 0.4) is 0 Å². The molecule has 1 N–H and O–H groups in total. The van der Waals surface area contributed by atoms with Crippen molar-refractivity contribution in [2.24, 2.45) is 0 Å². The molecule has 1 atom stereocenters. The van der Waals surface area contributed by atoms with Crippen LogP contribution in [0.25, 0.3) is 11.4 Å². The number of alkyl halides is 3. The van der Waals surface area contributed by atoms with Crippen molar-refractivity contribution in [2.75, 3.05) is 26.3 Å². The first-order valence-corrected chi connectivity index (χ1v) is 12.6. The number of ether oxygens (including phenoxy) is 1. The molecule has 2 amide bonds. The van der Waals surface area contributed by atoms with E-state index in [9.17, 15) is 22.8 Å². The highest BCUT2D eigenvalue weighted by atomic mass is 19.4. The molecule has 206 valence electrons. The second kappa shape index (κ2) is 11.7. The lowest BCUT2D eigenvalue weighted by Gasteiger charge is -2.38. The van der Waals surface area contributed by atoms with Crippen LogP contribution in [0, 0.1) is 0 Å². The number of aromatic nitrogens is 2. The van der Waals surface area contributed by atoms with E-state index >= 15 is 0 Å². The van der Waals surface area contributed by atoms with Crippen molar-refractivity contribution >= 4 is 11.8 Å².